The number of para-hydroxylation sites is 1. The Balaban J connectivity index is 1.54. The van der Waals surface area contributed by atoms with E-state index in [9.17, 15) is 14.4 Å². The lowest BCUT2D eigenvalue weighted by molar-refractivity contribution is -0.901. The van der Waals surface area contributed by atoms with Crippen molar-refractivity contribution in [3.05, 3.63) is 65.4 Å². The fourth-order valence-corrected chi connectivity index (χ4v) is 3.82. The minimum absolute atomic E-state index is 0.0917. The maximum absolute atomic E-state index is 12.9. The molecule has 3 aromatic rings. The van der Waals surface area contributed by atoms with E-state index < -0.39 is 17.8 Å². The first-order valence-electron chi connectivity index (χ1n) is 9.97. The standard InChI is InChI=1S/C23H23N3O4/c1-4-19-18(17-7-5-6-8-20(17)30-19)13-24(3)14-25-21(27)22(28)26(23(25)29)16-11-9-15(2)10-12-16/h5-12H,4,13-14H2,1-3H3/p+1. The van der Waals surface area contributed by atoms with Gasteiger partial charge in [0, 0.05) is 11.8 Å². The molecule has 0 saturated carbocycles. The highest BCUT2D eigenvalue weighted by Gasteiger charge is 2.46. The molecule has 2 aromatic carbocycles. The number of hydrogen-bond donors (Lipinski definition) is 1. The second-order valence-corrected chi connectivity index (χ2v) is 7.64. The molecule has 0 bridgehead atoms. The Morgan fingerprint density at radius 3 is 2.37 bits per heavy atom. The molecule has 1 aromatic heterocycles. The molecule has 2 heterocycles. The highest BCUT2D eigenvalue weighted by Crippen LogP contribution is 2.26. The number of rotatable bonds is 6. The van der Waals surface area contributed by atoms with E-state index in [0.717, 1.165) is 49.0 Å². The predicted molar refractivity (Wildman–Crippen MR) is 112 cm³/mol. The van der Waals surface area contributed by atoms with Crippen LogP contribution in [0.1, 0.15) is 23.8 Å². The van der Waals surface area contributed by atoms with Crippen LogP contribution >= 0.6 is 0 Å². The zero-order valence-electron chi connectivity index (χ0n) is 17.3. The number of imide groups is 2. The van der Waals surface area contributed by atoms with Crippen LogP contribution < -0.4 is 9.80 Å². The molecule has 0 aliphatic carbocycles. The second-order valence-electron chi connectivity index (χ2n) is 7.64. The lowest BCUT2D eigenvalue weighted by Crippen LogP contribution is -3.09. The fourth-order valence-electron chi connectivity index (χ4n) is 3.82. The summed E-state index contributed by atoms with van der Waals surface area (Å²) in [7, 11) is 1.89. The average Bonchev–Trinajstić information content (AvgIpc) is 3.19. The minimum Gasteiger partial charge on any atom is -0.461 e. The van der Waals surface area contributed by atoms with Gasteiger partial charge >= 0.3 is 17.8 Å². The summed E-state index contributed by atoms with van der Waals surface area (Å²) in [5, 5.41) is 1.03. The van der Waals surface area contributed by atoms with Gasteiger partial charge in [0.05, 0.1) is 18.3 Å². The SMILES string of the molecule is CCc1oc2ccccc2c1C[NH+](C)CN1C(=O)C(=O)N(c2ccc(C)cc2)C1=O. The Hall–Kier alpha value is -3.45. The molecule has 1 unspecified atom stereocenters. The average molecular weight is 406 g/mol. The predicted octanol–water partition coefficient (Wildman–Crippen LogP) is 2.27. The van der Waals surface area contributed by atoms with Crippen LogP contribution in [0, 0.1) is 6.92 Å². The Kier molecular flexibility index (Phi) is 5.13. The number of furan rings is 1. The van der Waals surface area contributed by atoms with Crippen LogP contribution in [0.25, 0.3) is 11.0 Å². The Morgan fingerprint density at radius 2 is 1.67 bits per heavy atom. The van der Waals surface area contributed by atoms with Gasteiger partial charge in [-0.1, -0.05) is 42.8 Å². The molecular weight excluding hydrogens is 382 g/mol. The summed E-state index contributed by atoms with van der Waals surface area (Å²) in [5.74, 6) is -0.723. The summed E-state index contributed by atoms with van der Waals surface area (Å²) in [4.78, 5) is 40.7. The maximum atomic E-state index is 12.9. The van der Waals surface area contributed by atoms with Crippen molar-refractivity contribution in [2.75, 3.05) is 18.6 Å². The van der Waals surface area contributed by atoms with Crippen molar-refractivity contribution in [1.82, 2.24) is 4.90 Å². The van der Waals surface area contributed by atoms with Crippen molar-refractivity contribution in [2.24, 2.45) is 0 Å². The number of hydrogen-bond acceptors (Lipinski definition) is 4. The number of quaternary nitrogens is 1. The third kappa shape index (κ3) is 3.37. The number of nitrogens with one attached hydrogen (secondary N) is 1. The van der Waals surface area contributed by atoms with E-state index in [4.69, 9.17) is 4.42 Å². The third-order valence-electron chi connectivity index (χ3n) is 5.36. The van der Waals surface area contributed by atoms with Crippen LogP contribution in [0.15, 0.2) is 52.9 Å². The number of aryl methyl sites for hydroxylation is 2. The quantitative estimate of drug-likeness (QED) is 0.503. The van der Waals surface area contributed by atoms with Gasteiger partial charge in [0.2, 0.25) is 0 Å². The van der Waals surface area contributed by atoms with Crippen LogP contribution in [0.5, 0.6) is 0 Å². The van der Waals surface area contributed by atoms with E-state index in [-0.39, 0.29) is 6.67 Å². The summed E-state index contributed by atoms with van der Waals surface area (Å²) in [6, 6.07) is 14.2. The lowest BCUT2D eigenvalue weighted by Gasteiger charge is -2.20. The van der Waals surface area contributed by atoms with Gasteiger partial charge in [0.25, 0.3) is 0 Å². The molecule has 1 saturated heterocycles. The number of nitrogens with zero attached hydrogens (tertiary/aromatic N) is 2. The Labute approximate surface area is 174 Å². The van der Waals surface area contributed by atoms with Crippen molar-refractivity contribution in [1.29, 1.82) is 0 Å². The second kappa shape index (κ2) is 7.76. The first-order valence-corrected chi connectivity index (χ1v) is 9.97. The molecular formula is C23H24N3O4+. The molecule has 0 spiro atoms. The number of urea groups is 1. The number of fused-ring (bicyclic) bond motifs is 1. The number of benzene rings is 2. The largest absolute Gasteiger partial charge is 0.461 e. The molecule has 7 nitrogen and oxygen atoms in total. The van der Waals surface area contributed by atoms with Crippen molar-refractivity contribution < 1.29 is 23.7 Å². The van der Waals surface area contributed by atoms with Gasteiger partial charge in [0.15, 0.2) is 6.67 Å². The molecule has 1 fully saturated rings. The van der Waals surface area contributed by atoms with E-state index in [0.29, 0.717) is 12.2 Å². The van der Waals surface area contributed by atoms with Gasteiger partial charge in [-0.3, -0.25) is 9.59 Å². The van der Waals surface area contributed by atoms with E-state index in [1.165, 1.54) is 0 Å². The van der Waals surface area contributed by atoms with Crippen LogP contribution in [0.2, 0.25) is 0 Å². The van der Waals surface area contributed by atoms with Crippen molar-refractivity contribution in [3.8, 4) is 0 Å². The molecule has 4 rings (SSSR count). The molecule has 1 aliphatic heterocycles. The minimum atomic E-state index is -0.820. The summed E-state index contributed by atoms with van der Waals surface area (Å²) in [5.41, 5.74) is 3.29. The van der Waals surface area contributed by atoms with E-state index in [1.54, 1.807) is 24.3 Å². The zero-order valence-corrected chi connectivity index (χ0v) is 17.3. The third-order valence-corrected chi connectivity index (χ3v) is 5.36. The molecule has 4 amide bonds. The summed E-state index contributed by atoms with van der Waals surface area (Å²) < 4.78 is 5.94. The lowest BCUT2D eigenvalue weighted by atomic mass is 10.1. The van der Waals surface area contributed by atoms with E-state index in [1.807, 2.05) is 45.2 Å². The maximum Gasteiger partial charge on any atom is 0.343 e. The van der Waals surface area contributed by atoms with Crippen molar-refractivity contribution in [2.45, 2.75) is 26.8 Å². The highest BCUT2D eigenvalue weighted by atomic mass is 16.3. The summed E-state index contributed by atoms with van der Waals surface area (Å²) in [6.07, 6.45) is 0.749. The van der Waals surface area contributed by atoms with Crippen molar-refractivity contribution in [3.63, 3.8) is 0 Å². The topological polar surface area (TPSA) is 75.3 Å². The van der Waals surface area contributed by atoms with E-state index >= 15 is 0 Å². The smallest absolute Gasteiger partial charge is 0.343 e. The number of amides is 4. The highest BCUT2D eigenvalue weighted by molar-refractivity contribution is 6.52. The van der Waals surface area contributed by atoms with Crippen molar-refractivity contribution >= 4 is 34.5 Å². The van der Waals surface area contributed by atoms with Crippen LogP contribution in [-0.4, -0.2) is 36.5 Å². The number of carbonyl (C=O) groups is 3. The molecule has 30 heavy (non-hydrogen) atoms. The van der Waals surface area contributed by atoms with Gasteiger partial charge in [-0.25, -0.2) is 14.6 Å². The van der Waals surface area contributed by atoms with Crippen LogP contribution in [-0.2, 0) is 22.6 Å². The monoisotopic (exact) mass is 406 g/mol. The Morgan fingerprint density at radius 1 is 0.967 bits per heavy atom. The van der Waals surface area contributed by atoms with Crippen LogP contribution in [0.4, 0.5) is 10.5 Å². The molecule has 1 aliphatic rings. The first kappa shape index (κ1) is 19.8. The zero-order chi connectivity index (χ0) is 21.4. The van der Waals surface area contributed by atoms with Gasteiger partial charge < -0.3 is 9.32 Å². The fraction of sp³-hybridized carbons (Fsp3) is 0.261. The normalized spacial score (nSPS) is 15.5. The molecule has 154 valence electrons. The van der Waals surface area contributed by atoms with E-state index in [2.05, 4.69) is 0 Å². The first-order chi connectivity index (χ1) is 14.4. The van der Waals surface area contributed by atoms with Gasteiger partial charge in [-0.2, -0.15) is 0 Å². The molecule has 1 N–H and O–H groups in total. The van der Waals surface area contributed by atoms with Crippen LogP contribution in [0.3, 0.4) is 0 Å². The molecule has 1 atom stereocenters. The van der Waals surface area contributed by atoms with Gasteiger partial charge in [0.1, 0.15) is 17.9 Å². The number of carbonyl (C=O) groups excluding carboxylic acids is 3. The number of anilines is 1. The summed E-state index contributed by atoms with van der Waals surface area (Å²) in [6.45, 7) is 4.60. The molecule has 7 heteroatoms. The van der Waals surface area contributed by atoms with Gasteiger partial charge in [-0.15, -0.1) is 0 Å². The van der Waals surface area contributed by atoms with Gasteiger partial charge in [-0.05, 0) is 25.1 Å². The summed E-state index contributed by atoms with van der Waals surface area (Å²) >= 11 is 0. The molecule has 0 radical (unpaired) electrons. The Bertz CT molecular complexity index is 1130.